The van der Waals surface area contributed by atoms with Gasteiger partial charge in [0.05, 0.1) is 11.8 Å². The van der Waals surface area contributed by atoms with Crippen LogP contribution in [-0.2, 0) is 11.3 Å². The molecule has 1 unspecified atom stereocenters. The van der Waals surface area contributed by atoms with E-state index in [0.29, 0.717) is 6.54 Å². The van der Waals surface area contributed by atoms with Gasteiger partial charge >= 0.3 is 0 Å². The smallest absolute Gasteiger partial charge is 0.233 e. The van der Waals surface area contributed by atoms with Crippen LogP contribution in [0.3, 0.4) is 0 Å². The molecule has 0 aliphatic heterocycles. The van der Waals surface area contributed by atoms with E-state index in [1.54, 1.807) is 18.3 Å². The third-order valence-corrected chi connectivity index (χ3v) is 4.61. The van der Waals surface area contributed by atoms with Gasteiger partial charge in [0.15, 0.2) is 0 Å². The van der Waals surface area contributed by atoms with Gasteiger partial charge in [-0.2, -0.15) is 0 Å². The van der Waals surface area contributed by atoms with E-state index in [9.17, 15) is 13.6 Å². The van der Waals surface area contributed by atoms with Crippen LogP contribution in [0.5, 0.6) is 0 Å². The van der Waals surface area contributed by atoms with E-state index in [4.69, 9.17) is 0 Å². The van der Waals surface area contributed by atoms with Crippen molar-refractivity contribution < 1.29 is 13.6 Å². The zero-order valence-electron chi connectivity index (χ0n) is 10.7. The van der Waals surface area contributed by atoms with E-state index in [0.717, 1.165) is 22.7 Å². The van der Waals surface area contributed by atoms with Gasteiger partial charge in [0.1, 0.15) is 11.6 Å². The van der Waals surface area contributed by atoms with Crippen LogP contribution in [0.25, 0.3) is 0 Å². The minimum Gasteiger partial charge on any atom is -0.350 e. The highest BCUT2D eigenvalue weighted by atomic mass is 32.2. The van der Waals surface area contributed by atoms with Crippen LogP contribution in [0, 0.1) is 11.6 Å². The van der Waals surface area contributed by atoms with Gasteiger partial charge in [-0.05, 0) is 30.5 Å². The SMILES string of the molecule is CC(Sc1ccc(F)cc1F)C(=O)NCc1cccs1. The normalized spacial score (nSPS) is 12.2. The molecule has 2 nitrogen and oxygen atoms in total. The molecule has 1 atom stereocenters. The van der Waals surface area contributed by atoms with Crippen molar-refractivity contribution in [1.82, 2.24) is 5.32 Å². The number of amides is 1. The number of halogens is 2. The summed E-state index contributed by atoms with van der Waals surface area (Å²) in [7, 11) is 0. The van der Waals surface area contributed by atoms with E-state index in [-0.39, 0.29) is 10.8 Å². The monoisotopic (exact) mass is 313 g/mol. The molecule has 2 rings (SSSR count). The summed E-state index contributed by atoms with van der Waals surface area (Å²) in [5, 5.41) is 4.28. The van der Waals surface area contributed by atoms with Crippen LogP contribution in [0.4, 0.5) is 8.78 Å². The predicted molar refractivity (Wildman–Crippen MR) is 77.8 cm³/mol. The maximum atomic E-state index is 13.5. The van der Waals surface area contributed by atoms with Crippen molar-refractivity contribution >= 4 is 29.0 Å². The molecular weight excluding hydrogens is 300 g/mol. The number of hydrogen-bond acceptors (Lipinski definition) is 3. The van der Waals surface area contributed by atoms with Crippen molar-refractivity contribution in [3.8, 4) is 0 Å². The third kappa shape index (κ3) is 4.05. The summed E-state index contributed by atoms with van der Waals surface area (Å²) >= 11 is 2.64. The minimum absolute atomic E-state index is 0.174. The van der Waals surface area contributed by atoms with E-state index in [2.05, 4.69) is 5.32 Å². The Morgan fingerprint density at radius 2 is 2.20 bits per heavy atom. The summed E-state index contributed by atoms with van der Waals surface area (Å²) < 4.78 is 26.3. The fourth-order valence-electron chi connectivity index (χ4n) is 1.55. The second-order valence-electron chi connectivity index (χ2n) is 4.13. The van der Waals surface area contributed by atoms with Gasteiger partial charge in [-0.1, -0.05) is 6.07 Å². The van der Waals surface area contributed by atoms with Gasteiger partial charge in [-0.3, -0.25) is 4.79 Å². The largest absolute Gasteiger partial charge is 0.350 e. The maximum Gasteiger partial charge on any atom is 0.233 e. The van der Waals surface area contributed by atoms with E-state index < -0.39 is 16.9 Å². The highest BCUT2D eigenvalue weighted by molar-refractivity contribution is 8.00. The third-order valence-electron chi connectivity index (χ3n) is 2.58. The Balaban J connectivity index is 1.90. The summed E-state index contributed by atoms with van der Waals surface area (Å²) in [5.74, 6) is -1.44. The lowest BCUT2D eigenvalue weighted by Crippen LogP contribution is -2.30. The number of benzene rings is 1. The second kappa shape index (κ2) is 6.85. The Morgan fingerprint density at radius 1 is 1.40 bits per heavy atom. The van der Waals surface area contributed by atoms with Crippen LogP contribution in [-0.4, -0.2) is 11.2 Å². The fraction of sp³-hybridized carbons (Fsp3) is 0.214. The van der Waals surface area contributed by atoms with Crippen LogP contribution in [0.1, 0.15) is 11.8 Å². The molecule has 2 aromatic rings. The molecule has 0 aliphatic rings. The first-order valence-electron chi connectivity index (χ1n) is 5.98. The van der Waals surface area contributed by atoms with Gasteiger partial charge in [0.25, 0.3) is 0 Å². The van der Waals surface area contributed by atoms with Gasteiger partial charge in [0.2, 0.25) is 5.91 Å². The predicted octanol–water partition coefficient (Wildman–Crippen LogP) is 3.82. The van der Waals surface area contributed by atoms with Crippen molar-refractivity contribution in [2.24, 2.45) is 0 Å². The molecule has 1 N–H and O–H groups in total. The van der Waals surface area contributed by atoms with E-state index >= 15 is 0 Å². The van der Waals surface area contributed by atoms with Gasteiger partial charge in [-0.15, -0.1) is 23.1 Å². The molecule has 0 bridgehead atoms. The minimum atomic E-state index is -0.645. The lowest BCUT2D eigenvalue weighted by Gasteiger charge is -2.12. The number of hydrogen-bond donors (Lipinski definition) is 1. The van der Waals surface area contributed by atoms with Gasteiger partial charge in [0, 0.05) is 15.8 Å². The molecule has 1 amide bonds. The molecule has 0 radical (unpaired) electrons. The van der Waals surface area contributed by atoms with E-state index in [1.807, 2.05) is 17.5 Å². The first kappa shape index (κ1) is 15.0. The Bertz CT molecular complexity index is 587. The van der Waals surface area contributed by atoms with Crippen molar-refractivity contribution in [3.05, 3.63) is 52.2 Å². The number of carbonyl (C=O) groups is 1. The summed E-state index contributed by atoms with van der Waals surface area (Å²) in [5.41, 5.74) is 0. The Morgan fingerprint density at radius 3 is 2.85 bits per heavy atom. The van der Waals surface area contributed by atoms with Crippen LogP contribution < -0.4 is 5.32 Å². The first-order valence-corrected chi connectivity index (χ1v) is 7.74. The van der Waals surface area contributed by atoms with Crippen molar-refractivity contribution in [3.63, 3.8) is 0 Å². The van der Waals surface area contributed by atoms with Gasteiger partial charge in [-0.25, -0.2) is 8.78 Å². The Labute approximate surface area is 124 Å². The zero-order chi connectivity index (χ0) is 14.5. The molecule has 106 valence electrons. The average molecular weight is 313 g/mol. The van der Waals surface area contributed by atoms with Crippen molar-refractivity contribution in [1.29, 1.82) is 0 Å². The van der Waals surface area contributed by atoms with Crippen LogP contribution in [0.2, 0.25) is 0 Å². The van der Waals surface area contributed by atoms with Crippen LogP contribution >= 0.6 is 23.1 Å². The molecule has 0 aliphatic carbocycles. The Hall–Kier alpha value is -1.40. The first-order chi connectivity index (χ1) is 9.56. The number of thiophene rings is 1. The average Bonchev–Trinajstić information content (AvgIpc) is 2.92. The molecule has 0 saturated heterocycles. The van der Waals surface area contributed by atoms with Crippen LogP contribution in [0.15, 0.2) is 40.6 Å². The highest BCUT2D eigenvalue weighted by Gasteiger charge is 2.16. The van der Waals surface area contributed by atoms with Crippen molar-refractivity contribution in [2.75, 3.05) is 0 Å². The standard InChI is InChI=1S/C14H13F2NOS2/c1-9(14(18)17-8-11-3-2-6-19-11)20-13-5-4-10(15)7-12(13)16/h2-7,9H,8H2,1H3,(H,17,18). The number of thioether (sulfide) groups is 1. The lowest BCUT2D eigenvalue weighted by atomic mass is 10.3. The summed E-state index contributed by atoms with van der Waals surface area (Å²) in [4.78, 5) is 13.2. The van der Waals surface area contributed by atoms with Gasteiger partial charge < -0.3 is 5.32 Å². The number of carbonyl (C=O) groups excluding carboxylic acids is 1. The second-order valence-corrected chi connectivity index (χ2v) is 6.55. The molecule has 0 spiro atoms. The molecule has 20 heavy (non-hydrogen) atoms. The zero-order valence-corrected chi connectivity index (χ0v) is 12.4. The molecule has 1 aromatic heterocycles. The van der Waals surface area contributed by atoms with Crippen molar-refractivity contribution in [2.45, 2.75) is 23.6 Å². The molecule has 1 heterocycles. The molecule has 6 heteroatoms. The lowest BCUT2D eigenvalue weighted by molar-refractivity contribution is -0.120. The summed E-state index contributed by atoms with van der Waals surface area (Å²) in [6.45, 7) is 2.16. The molecule has 0 saturated carbocycles. The Kier molecular flexibility index (Phi) is 5.14. The number of rotatable bonds is 5. The molecular formula is C14H13F2NOS2. The highest BCUT2D eigenvalue weighted by Crippen LogP contribution is 2.26. The fourth-order valence-corrected chi connectivity index (χ4v) is 3.08. The topological polar surface area (TPSA) is 29.1 Å². The quantitative estimate of drug-likeness (QED) is 0.850. The van der Waals surface area contributed by atoms with E-state index in [1.165, 1.54) is 12.1 Å². The summed E-state index contributed by atoms with van der Waals surface area (Å²) in [6, 6.07) is 7.19. The molecule has 1 aromatic carbocycles. The summed E-state index contributed by atoms with van der Waals surface area (Å²) in [6.07, 6.45) is 0. The number of nitrogens with one attached hydrogen (secondary N) is 1. The molecule has 0 fully saturated rings. The maximum absolute atomic E-state index is 13.5.